The zero-order valence-corrected chi connectivity index (χ0v) is 16.2. The maximum atomic E-state index is 12.4. The quantitative estimate of drug-likeness (QED) is 0.818. The highest BCUT2D eigenvalue weighted by molar-refractivity contribution is 5.83. The van der Waals surface area contributed by atoms with E-state index in [1.165, 1.54) is 0 Å². The monoisotopic (exact) mass is 378 g/mol. The van der Waals surface area contributed by atoms with E-state index in [0.29, 0.717) is 12.8 Å². The van der Waals surface area contributed by atoms with Crippen molar-refractivity contribution in [3.8, 4) is 0 Å². The second kappa shape index (κ2) is 6.47. The minimum Gasteiger partial charge on any atom is -0.481 e. The van der Waals surface area contributed by atoms with Gasteiger partial charge in [0.25, 0.3) is 0 Å². The number of hydrogen-bond acceptors (Lipinski definition) is 2. The molecule has 3 saturated carbocycles. The molecule has 146 valence electrons. The average molecular weight is 378 g/mol. The topological polar surface area (TPSA) is 74.6 Å². The molecule has 2 bridgehead atoms. The van der Waals surface area contributed by atoms with E-state index in [4.69, 9.17) is 0 Å². The minimum absolute atomic E-state index is 0.0156. The van der Waals surface area contributed by atoms with E-state index in [2.05, 4.69) is 26.0 Å². The number of aliphatic carboxylic acids is 2. The summed E-state index contributed by atoms with van der Waals surface area (Å²) >= 11 is 0. The first-order chi connectivity index (χ1) is 13.3. The Morgan fingerprint density at radius 3 is 2.00 bits per heavy atom. The first-order valence-corrected chi connectivity index (χ1v) is 9.84. The van der Waals surface area contributed by atoms with E-state index < -0.39 is 29.2 Å². The van der Waals surface area contributed by atoms with Gasteiger partial charge in [-0.1, -0.05) is 74.5 Å². The van der Waals surface area contributed by atoms with Crippen LogP contribution in [0.5, 0.6) is 0 Å². The van der Waals surface area contributed by atoms with Gasteiger partial charge in [-0.05, 0) is 41.2 Å². The van der Waals surface area contributed by atoms with Gasteiger partial charge in [-0.15, -0.1) is 0 Å². The molecule has 5 rings (SSSR count). The van der Waals surface area contributed by atoms with Gasteiger partial charge in [0.15, 0.2) is 0 Å². The molecule has 4 nitrogen and oxygen atoms in total. The van der Waals surface area contributed by atoms with Crippen molar-refractivity contribution >= 4 is 11.9 Å². The molecule has 2 aromatic rings. The Hall–Kier alpha value is -2.62. The van der Waals surface area contributed by atoms with Crippen LogP contribution in [0.15, 0.2) is 60.7 Å². The molecule has 0 unspecified atom stereocenters. The van der Waals surface area contributed by atoms with Crippen molar-refractivity contribution in [1.82, 2.24) is 0 Å². The lowest BCUT2D eigenvalue weighted by Gasteiger charge is -2.64. The van der Waals surface area contributed by atoms with Gasteiger partial charge >= 0.3 is 11.9 Å². The van der Waals surface area contributed by atoms with Crippen LogP contribution in [0.2, 0.25) is 0 Å². The van der Waals surface area contributed by atoms with E-state index in [1.807, 2.05) is 48.5 Å². The van der Waals surface area contributed by atoms with Crippen molar-refractivity contribution in [2.75, 3.05) is 0 Å². The van der Waals surface area contributed by atoms with Crippen LogP contribution in [-0.4, -0.2) is 22.2 Å². The van der Waals surface area contributed by atoms with Gasteiger partial charge in [0.1, 0.15) is 0 Å². The summed E-state index contributed by atoms with van der Waals surface area (Å²) in [4.78, 5) is 24.9. The van der Waals surface area contributed by atoms with Crippen LogP contribution in [0.25, 0.3) is 0 Å². The number of fused-ring (bicyclic) bond motifs is 3. The smallest absolute Gasteiger partial charge is 0.308 e. The molecule has 0 aromatic heterocycles. The normalized spacial score (nSPS) is 33.4. The van der Waals surface area contributed by atoms with Gasteiger partial charge in [0, 0.05) is 5.41 Å². The van der Waals surface area contributed by atoms with Crippen LogP contribution < -0.4 is 0 Å². The predicted octanol–water partition coefficient (Wildman–Crippen LogP) is 4.56. The average Bonchev–Trinajstić information content (AvgIpc) is 2.67. The van der Waals surface area contributed by atoms with Crippen molar-refractivity contribution in [1.29, 1.82) is 0 Å². The van der Waals surface area contributed by atoms with Crippen LogP contribution in [0.3, 0.4) is 0 Å². The fourth-order valence-electron chi connectivity index (χ4n) is 6.47. The number of hydrogen-bond donors (Lipinski definition) is 2. The molecule has 0 aliphatic heterocycles. The summed E-state index contributed by atoms with van der Waals surface area (Å²) in [6.07, 6.45) is 1.34. The Labute approximate surface area is 165 Å². The van der Waals surface area contributed by atoms with E-state index in [9.17, 15) is 19.8 Å². The summed E-state index contributed by atoms with van der Waals surface area (Å²) in [6, 6.07) is 19.7. The molecule has 3 fully saturated rings. The lowest BCUT2D eigenvalue weighted by Crippen LogP contribution is -2.64. The summed E-state index contributed by atoms with van der Waals surface area (Å²) in [5.41, 5.74) is 1.06. The zero-order valence-electron chi connectivity index (χ0n) is 16.2. The number of benzene rings is 2. The summed E-state index contributed by atoms with van der Waals surface area (Å²) < 4.78 is 0. The molecule has 0 heterocycles. The maximum absolute atomic E-state index is 12.4. The van der Waals surface area contributed by atoms with Gasteiger partial charge in [-0.3, -0.25) is 9.59 Å². The summed E-state index contributed by atoms with van der Waals surface area (Å²) in [6.45, 7) is 4.22. The Morgan fingerprint density at radius 1 is 0.893 bits per heavy atom. The largest absolute Gasteiger partial charge is 0.481 e. The Morgan fingerprint density at radius 2 is 1.46 bits per heavy atom. The van der Waals surface area contributed by atoms with Crippen LogP contribution in [0, 0.1) is 23.2 Å². The van der Waals surface area contributed by atoms with E-state index >= 15 is 0 Å². The van der Waals surface area contributed by atoms with E-state index in [1.54, 1.807) is 0 Å². The molecule has 2 N–H and O–H groups in total. The molecule has 4 heteroatoms. The molecule has 3 aliphatic rings. The van der Waals surface area contributed by atoms with E-state index in [-0.39, 0.29) is 17.3 Å². The van der Waals surface area contributed by atoms with Crippen molar-refractivity contribution in [3.05, 3.63) is 71.8 Å². The second-order valence-electron chi connectivity index (χ2n) is 9.11. The minimum atomic E-state index is -0.997. The zero-order chi connectivity index (χ0) is 20.1. The van der Waals surface area contributed by atoms with Crippen molar-refractivity contribution in [3.63, 3.8) is 0 Å². The molecular formula is C24H26O4. The first-order valence-electron chi connectivity index (χ1n) is 9.84. The standard InChI is InChI=1S/C24H26O4/c1-23(2)14-24(16-11-7-4-8-12-16)13-17(15-9-5-3-6-10-15)19(23)18(21(25)26)20(24)22(27)28/h3-12,17-20H,13-14H2,1-2H3,(H,25,26)(H,27,28)/t17-,18+,19-,20-,24-/m1/s1. The second-order valence-corrected chi connectivity index (χ2v) is 9.11. The summed E-state index contributed by atoms with van der Waals surface area (Å²) in [7, 11) is 0. The molecule has 0 amide bonds. The fourth-order valence-corrected chi connectivity index (χ4v) is 6.47. The molecule has 0 saturated heterocycles. The van der Waals surface area contributed by atoms with Crippen LogP contribution in [0.4, 0.5) is 0 Å². The van der Waals surface area contributed by atoms with Gasteiger partial charge in [0.2, 0.25) is 0 Å². The lowest BCUT2D eigenvalue weighted by atomic mass is 9.38. The first kappa shape index (κ1) is 18.7. The molecular weight excluding hydrogens is 352 g/mol. The molecule has 0 radical (unpaired) electrons. The molecule has 0 spiro atoms. The van der Waals surface area contributed by atoms with Crippen LogP contribution in [0.1, 0.15) is 43.7 Å². The highest BCUT2D eigenvalue weighted by Crippen LogP contribution is 2.68. The molecule has 5 atom stereocenters. The van der Waals surface area contributed by atoms with Gasteiger partial charge in [-0.25, -0.2) is 0 Å². The predicted molar refractivity (Wildman–Crippen MR) is 106 cm³/mol. The van der Waals surface area contributed by atoms with Gasteiger partial charge < -0.3 is 10.2 Å². The van der Waals surface area contributed by atoms with Crippen LogP contribution >= 0.6 is 0 Å². The maximum Gasteiger partial charge on any atom is 0.308 e. The molecule has 2 aromatic carbocycles. The third-order valence-electron chi connectivity index (χ3n) is 7.16. The summed E-state index contributed by atoms with van der Waals surface area (Å²) in [5.74, 6) is -4.04. The Kier molecular flexibility index (Phi) is 4.33. The Balaban J connectivity index is 1.98. The van der Waals surface area contributed by atoms with E-state index in [0.717, 1.165) is 11.1 Å². The van der Waals surface area contributed by atoms with Gasteiger partial charge in [0.05, 0.1) is 11.8 Å². The SMILES string of the molecule is CC1(C)C[C@@]2(c3ccccc3)C[C@H](c3ccccc3)[C@@H]1[C@H](C(=O)O)[C@@H]2C(=O)O. The fraction of sp³-hybridized carbons (Fsp3) is 0.417. The summed E-state index contributed by atoms with van der Waals surface area (Å²) in [5, 5.41) is 20.3. The lowest BCUT2D eigenvalue weighted by molar-refractivity contribution is -0.182. The molecule has 28 heavy (non-hydrogen) atoms. The molecule has 3 aliphatic carbocycles. The van der Waals surface area contributed by atoms with Gasteiger partial charge in [-0.2, -0.15) is 0 Å². The number of carboxylic acid groups (broad SMARTS) is 2. The number of carboxylic acids is 2. The highest BCUT2D eigenvalue weighted by Gasteiger charge is 2.68. The van der Waals surface area contributed by atoms with Crippen molar-refractivity contribution in [2.24, 2.45) is 23.2 Å². The number of carbonyl (C=O) groups is 2. The van der Waals surface area contributed by atoms with Crippen LogP contribution in [-0.2, 0) is 15.0 Å². The third kappa shape index (κ3) is 2.66. The highest BCUT2D eigenvalue weighted by atomic mass is 16.4. The Bertz CT molecular complexity index is 889. The van der Waals surface area contributed by atoms with Crippen molar-refractivity contribution < 1.29 is 19.8 Å². The van der Waals surface area contributed by atoms with Crippen molar-refractivity contribution in [2.45, 2.75) is 38.0 Å². The third-order valence-corrected chi connectivity index (χ3v) is 7.16. The number of rotatable bonds is 4.